The zero-order chi connectivity index (χ0) is 23.1. The first-order valence-electron chi connectivity index (χ1n) is 9.94. The number of nitro groups is 1. The first-order valence-corrected chi connectivity index (χ1v) is 11.4. The molecule has 1 heterocycles. The molecule has 11 nitrogen and oxygen atoms in total. The molecule has 172 valence electrons. The number of nitro benzene ring substituents is 1. The third-order valence-electron chi connectivity index (χ3n) is 4.64. The van der Waals surface area contributed by atoms with E-state index in [1.165, 1.54) is 28.7 Å². The summed E-state index contributed by atoms with van der Waals surface area (Å²) >= 11 is 0. The molecule has 0 saturated carbocycles. The van der Waals surface area contributed by atoms with Crippen molar-refractivity contribution in [2.75, 3.05) is 38.3 Å². The van der Waals surface area contributed by atoms with Gasteiger partial charge in [0.25, 0.3) is 5.69 Å². The number of sulfonamides is 1. The number of morpholine rings is 1. The van der Waals surface area contributed by atoms with Crippen LogP contribution in [0, 0.1) is 10.1 Å². The highest BCUT2D eigenvalue weighted by Gasteiger charge is 2.28. The predicted octanol–water partition coefficient (Wildman–Crippen LogP) is 2.56. The molecule has 2 aromatic rings. The van der Waals surface area contributed by atoms with Gasteiger partial charge < -0.3 is 14.6 Å². The molecule has 0 spiro atoms. The molecule has 2 aromatic carbocycles. The number of phenols is 1. The standard InChI is InChI=1S/C20H24N4O7S/c1-2-9-31-16-4-3-15(20(25)12-16)14-21-22-18-6-5-17(13-19(18)24(26)27)32(28,29)23-7-10-30-11-8-23/h3-6,12-14,22,25H,2,7-11H2,1H3/b21-14+. The second kappa shape index (κ2) is 10.4. The number of benzene rings is 2. The molecule has 0 atom stereocenters. The number of hydrogen-bond donors (Lipinski definition) is 2. The molecule has 1 saturated heterocycles. The molecule has 3 rings (SSSR count). The van der Waals surface area contributed by atoms with Crippen molar-refractivity contribution >= 4 is 27.6 Å². The Kier molecular flexibility index (Phi) is 7.62. The lowest BCUT2D eigenvalue weighted by Gasteiger charge is -2.26. The maximum Gasteiger partial charge on any atom is 0.295 e. The summed E-state index contributed by atoms with van der Waals surface area (Å²) in [6, 6.07) is 8.28. The average Bonchev–Trinajstić information content (AvgIpc) is 2.79. The fraction of sp³-hybridized carbons (Fsp3) is 0.350. The number of hydrogen-bond acceptors (Lipinski definition) is 9. The molecule has 0 unspecified atom stereocenters. The summed E-state index contributed by atoms with van der Waals surface area (Å²) in [5.74, 6) is 0.452. The first-order chi connectivity index (χ1) is 15.3. The summed E-state index contributed by atoms with van der Waals surface area (Å²) in [5.41, 5.74) is 2.47. The molecule has 0 bridgehead atoms. The Bertz CT molecular complexity index is 1100. The van der Waals surface area contributed by atoms with Crippen molar-refractivity contribution in [3.63, 3.8) is 0 Å². The normalized spacial score (nSPS) is 15.0. The van der Waals surface area contributed by atoms with Crippen LogP contribution in [0.5, 0.6) is 11.5 Å². The van der Waals surface area contributed by atoms with Gasteiger partial charge in [-0.05, 0) is 30.7 Å². The molecular formula is C20H24N4O7S. The lowest BCUT2D eigenvalue weighted by atomic mass is 10.2. The zero-order valence-electron chi connectivity index (χ0n) is 17.4. The Balaban J connectivity index is 1.77. The van der Waals surface area contributed by atoms with Crippen LogP contribution in [-0.4, -0.2) is 61.9 Å². The quantitative estimate of drug-likeness (QED) is 0.327. The van der Waals surface area contributed by atoms with Gasteiger partial charge in [-0.15, -0.1) is 0 Å². The smallest absolute Gasteiger partial charge is 0.295 e. The average molecular weight is 465 g/mol. The van der Waals surface area contributed by atoms with Crippen LogP contribution < -0.4 is 10.2 Å². The summed E-state index contributed by atoms with van der Waals surface area (Å²) in [4.78, 5) is 10.7. The minimum atomic E-state index is -3.88. The van der Waals surface area contributed by atoms with E-state index in [9.17, 15) is 23.6 Å². The van der Waals surface area contributed by atoms with Gasteiger partial charge in [-0.2, -0.15) is 9.41 Å². The molecule has 0 radical (unpaired) electrons. The number of nitrogens with one attached hydrogen (secondary N) is 1. The van der Waals surface area contributed by atoms with Crippen molar-refractivity contribution in [3.05, 3.63) is 52.1 Å². The van der Waals surface area contributed by atoms with E-state index >= 15 is 0 Å². The second-order valence-corrected chi connectivity index (χ2v) is 8.83. The maximum atomic E-state index is 12.8. The molecule has 1 aliphatic heterocycles. The van der Waals surface area contributed by atoms with Gasteiger partial charge in [-0.3, -0.25) is 15.5 Å². The highest BCUT2D eigenvalue weighted by molar-refractivity contribution is 7.89. The number of phenolic OH excluding ortho intramolecular Hbond substituents is 1. The predicted molar refractivity (Wildman–Crippen MR) is 118 cm³/mol. The van der Waals surface area contributed by atoms with E-state index in [4.69, 9.17) is 9.47 Å². The van der Waals surface area contributed by atoms with Gasteiger partial charge in [0.15, 0.2) is 0 Å². The van der Waals surface area contributed by atoms with Crippen LogP contribution in [0.15, 0.2) is 46.4 Å². The summed E-state index contributed by atoms with van der Waals surface area (Å²) in [5, 5.41) is 25.5. The van der Waals surface area contributed by atoms with Crippen LogP contribution >= 0.6 is 0 Å². The Morgan fingerprint density at radius 2 is 2.03 bits per heavy atom. The number of rotatable bonds is 9. The molecule has 12 heteroatoms. The molecule has 2 N–H and O–H groups in total. The van der Waals surface area contributed by atoms with E-state index in [1.807, 2.05) is 6.92 Å². The Morgan fingerprint density at radius 3 is 2.69 bits per heavy atom. The van der Waals surface area contributed by atoms with Crippen molar-refractivity contribution in [3.8, 4) is 11.5 Å². The third kappa shape index (κ3) is 5.52. The Hall–Kier alpha value is -3.22. The minimum Gasteiger partial charge on any atom is -0.507 e. The van der Waals surface area contributed by atoms with E-state index in [-0.39, 0.29) is 42.6 Å². The molecule has 1 aliphatic rings. The molecule has 32 heavy (non-hydrogen) atoms. The SMILES string of the molecule is CCCOc1ccc(/C=N/Nc2ccc(S(=O)(=O)N3CCOCC3)cc2[N+](=O)[O-])c(O)c1. The monoisotopic (exact) mass is 464 g/mol. The minimum absolute atomic E-state index is 0.00886. The summed E-state index contributed by atoms with van der Waals surface area (Å²) in [6.07, 6.45) is 2.13. The Morgan fingerprint density at radius 1 is 1.28 bits per heavy atom. The van der Waals surface area contributed by atoms with E-state index in [1.54, 1.807) is 12.1 Å². The van der Waals surface area contributed by atoms with Crippen molar-refractivity contribution in [2.24, 2.45) is 5.10 Å². The first kappa shape index (κ1) is 23.4. The fourth-order valence-electron chi connectivity index (χ4n) is 2.97. The van der Waals surface area contributed by atoms with Crippen molar-refractivity contribution in [2.45, 2.75) is 18.2 Å². The number of nitrogens with zero attached hydrogens (tertiary/aromatic N) is 3. The van der Waals surface area contributed by atoms with E-state index in [0.717, 1.165) is 12.5 Å². The van der Waals surface area contributed by atoms with Gasteiger partial charge >= 0.3 is 0 Å². The second-order valence-electron chi connectivity index (χ2n) is 6.89. The van der Waals surface area contributed by atoms with Crippen LogP contribution in [0.2, 0.25) is 0 Å². The molecular weight excluding hydrogens is 440 g/mol. The van der Waals surface area contributed by atoms with Crippen molar-refractivity contribution in [1.82, 2.24) is 4.31 Å². The van der Waals surface area contributed by atoms with Gasteiger partial charge in [0, 0.05) is 30.8 Å². The summed E-state index contributed by atoms with van der Waals surface area (Å²) < 4.78 is 37.4. The van der Waals surface area contributed by atoms with Crippen LogP contribution in [0.4, 0.5) is 11.4 Å². The highest BCUT2D eigenvalue weighted by atomic mass is 32.2. The number of ether oxygens (including phenoxy) is 2. The van der Waals surface area contributed by atoms with E-state index < -0.39 is 20.6 Å². The van der Waals surface area contributed by atoms with Gasteiger partial charge in [-0.1, -0.05) is 6.92 Å². The van der Waals surface area contributed by atoms with Crippen LogP contribution in [0.25, 0.3) is 0 Å². The molecule has 0 aromatic heterocycles. The number of aromatic hydroxyl groups is 1. The topological polar surface area (TPSA) is 144 Å². The van der Waals surface area contributed by atoms with Gasteiger partial charge in [0.05, 0.1) is 35.9 Å². The summed E-state index contributed by atoms with van der Waals surface area (Å²) in [6.45, 7) is 3.41. The highest BCUT2D eigenvalue weighted by Crippen LogP contribution is 2.29. The third-order valence-corrected chi connectivity index (χ3v) is 6.53. The summed E-state index contributed by atoms with van der Waals surface area (Å²) in [7, 11) is -3.88. The molecule has 0 amide bonds. The van der Waals surface area contributed by atoms with Gasteiger partial charge in [-0.25, -0.2) is 8.42 Å². The number of hydrazone groups is 1. The van der Waals surface area contributed by atoms with Crippen molar-refractivity contribution < 1.29 is 27.9 Å². The van der Waals surface area contributed by atoms with Crippen molar-refractivity contribution in [1.29, 1.82) is 0 Å². The van der Waals surface area contributed by atoms with E-state index in [0.29, 0.717) is 17.9 Å². The lowest BCUT2D eigenvalue weighted by Crippen LogP contribution is -2.40. The van der Waals surface area contributed by atoms with Crippen LogP contribution in [-0.2, 0) is 14.8 Å². The van der Waals surface area contributed by atoms with Gasteiger partial charge in [0.1, 0.15) is 17.2 Å². The Labute approximate surface area is 185 Å². The molecule has 1 fully saturated rings. The van der Waals surface area contributed by atoms with Crippen LogP contribution in [0.1, 0.15) is 18.9 Å². The van der Waals surface area contributed by atoms with Crippen LogP contribution in [0.3, 0.4) is 0 Å². The van der Waals surface area contributed by atoms with E-state index in [2.05, 4.69) is 10.5 Å². The lowest BCUT2D eigenvalue weighted by molar-refractivity contribution is -0.384. The largest absolute Gasteiger partial charge is 0.507 e. The zero-order valence-corrected chi connectivity index (χ0v) is 18.2. The fourth-order valence-corrected chi connectivity index (χ4v) is 4.40. The molecule has 0 aliphatic carbocycles. The number of anilines is 1. The van der Waals surface area contributed by atoms with Gasteiger partial charge in [0.2, 0.25) is 10.0 Å². The maximum absolute atomic E-state index is 12.8.